The molecule has 0 aromatic heterocycles. The van der Waals surface area contributed by atoms with Crippen molar-refractivity contribution in [3.63, 3.8) is 0 Å². The van der Waals surface area contributed by atoms with Crippen molar-refractivity contribution in [2.24, 2.45) is 5.73 Å². The van der Waals surface area contributed by atoms with E-state index in [1.807, 2.05) is 0 Å². The van der Waals surface area contributed by atoms with Crippen LogP contribution in [0.15, 0.2) is 30.3 Å². The molecule has 0 bridgehead atoms. The number of nitrogens with two attached hydrogens (primary N) is 1. The van der Waals surface area contributed by atoms with Gasteiger partial charge in [0.25, 0.3) is 0 Å². The van der Waals surface area contributed by atoms with E-state index in [2.05, 4.69) is 62.9 Å². The summed E-state index contributed by atoms with van der Waals surface area (Å²) in [7, 11) is 0. The fourth-order valence-electron chi connectivity index (χ4n) is 1.97. The Balaban J connectivity index is 2.71. The van der Waals surface area contributed by atoms with E-state index in [0.717, 1.165) is 19.5 Å². The zero-order valence-corrected chi connectivity index (χ0v) is 11.6. The summed E-state index contributed by atoms with van der Waals surface area (Å²) in [5, 5.41) is 0. The first kappa shape index (κ1) is 14.2. The molecular weight excluding hydrogens is 208 g/mol. The highest BCUT2D eigenvalue weighted by Gasteiger charge is 2.20. The highest BCUT2D eigenvalue weighted by molar-refractivity contribution is 5.14. The highest BCUT2D eigenvalue weighted by Crippen LogP contribution is 2.13. The minimum atomic E-state index is -0.141. The van der Waals surface area contributed by atoms with E-state index in [4.69, 9.17) is 5.73 Å². The molecule has 0 aliphatic heterocycles. The molecule has 2 nitrogen and oxygen atoms in total. The van der Waals surface area contributed by atoms with Crippen molar-refractivity contribution in [3.8, 4) is 0 Å². The molecule has 2 heteroatoms. The van der Waals surface area contributed by atoms with E-state index in [-0.39, 0.29) is 5.54 Å². The third-order valence-electron chi connectivity index (χ3n) is 3.05. The third-order valence-corrected chi connectivity index (χ3v) is 3.05. The molecule has 0 aliphatic rings. The molecule has 0 aliphatic carbocycles. The lowest BCUT2D eigenvalue weighted by molar-refractivity contribution is 0.161. The van der Waals surface area contributed by atoms with Gasteiger partial charge in [0.1, 0.15) is 0 Å². The molecule has 0 radical (unpaired) electrons. The van der Waals surface area contributed by atoms with Crippen LogP contribution in [0.3, 0.4) is 0 Å². The van der Waals surface area contributed by atoms with Gasteiger partial charge in [-0.1, -0.05) is 37.3 Å². The van der Waals surface area contributed by atoms with E-state index in [1.165, 1.54) is 5.56 Å². The van der Waals surface area contributed by atoms with Gasteiger partial charge in [-0.15, -0.1) is 0 Å². The van der Waals surface area contributed by atoms with Gasteiger partial charge in [0.15, 0.2) is 0 Å². The molecule has 1 rings (SSSR count). The van der Waals surface area contributed by atoms with Crippen molar-refractivity contribution < 1.29 is 0 Å². The van der Waals surface area contributed by atoms with Gasteiger partial charge in [-0.05, 0) is 32.8 Å². The molecule has 0 heterocycles. The Morgan fingerprint density at radius 3 is 2.29 bits per heavy atom. The van der Waals surface area contributed by atoms with Crippen LogP contribution in [0.25, 0.3) is 0 Å². The average Bonchev–Trinajstić information content (AvgIpc) is 2.27. The molecule has 0 spiro atoms. The van der Waals surface area contributed by atoms with E-state index in [9.17, 15) is 0 Å². The van der Waals surface area contributed by atoms with E-state index >= 15 is 0 Å². The lowest BCUT2D eigenvalue weighted by Crippen LogP contribution is -2.47. The molecule has 0 saturated carbocycles. The molecule has 1 atom stereocenters. The van der Waals surface area contributed by atoms with Crippen molar-refractivity contribution in [3.05, 3.63) is 35.9 Å². The summed E-state index contributed by atoms with van der Waals surface area (Å²) in [6, 6.07) is 11.2. The van der Waals surface area contributed by atoms with Gasteiger partial charge >= 0.3 is 0 Å². The largest absolute Gasteiger partial charge is 0.324 e. The SMILES string of the molecule is CCC(C)N(Cc1ccccc1)CC(C)(C)N. The predicted molar refractivity (Wildman–Crippen MR) is 74.9 cm³/mol. The third kappa shape index (κ3) is 5.33. The fourth-order valence-corrected chi connectivity index (χ4v) is 1.97. The molecule has 0 fully saturated rings. The molecule has 0 saturated heterocycles. The normalized spacial score (nSPS) is 14.0. The number of hydrogen-bond acceptors (Lipinski definition) is 2. The van der Waals surface area contributed by atoms with Crippen molar-refractivity contribution in [2.45, 2.75) is 52.2 Å². The second-order valence-electron chi connectivity index (χ2n) is 5.64. The fraction of sp³-hybridized carbons (Fsp3) is 0.600. The number of hydrogen-bond donors (Lipinski definition) is 1. The van der Waals surface area contributed by atoms with Gasteiger partial charge < -0.3 is 5.73 Å². The molecular formula is C15H26N2. The Morgan fingerprint density at radius 1 is 1.24 bits per heavy atom. The molecule has 1 aromatic carbocycles. The van der Waals surface area contributed by atoms with Gasteiger partial charge in [0.05, 0.1) is 0 Å². The topological polar surface area (TPSA) is 29.3 Å². The van der Waals surface area contributed by atoms with Gasteiger partial charge in [-0.3, -0.25) is 4.90 Å². The Labute approximate surface area is 106 Å². The Hall–Kier alpha value is -0.860. The summed E-state index contributed by atoms with van der Waals surface area (Å²) in [4.78, 5) is 2.47. The summed E-state index contributed by atoms with van der Waals surface area (Å²) >= 11 is 0. The molecule has 96 valence electrons. The number of nitrogens with zero attached hydrogens (tertiary/aromatic N) is 1. The van der Waals surface area contributed by atoms with Crippen LogP contribution in [0.2, 0.25) is 0 Å². The maximum atomic E-state index is 6.14. The molecule has 2 N–H and O–H groups in total. The van der Waals surface area contributed by atoms with E-state index in [0.29, 0.717) is 6.04 Å². The number of rotatable bonds is 6. The van der Waals surface area contributed by atoms with Crippen LogP contribution in [0.5, 0.6) is 0 Å². The highest BCUT2D eigenvalue weighted by atomic mass is 15.2. The molecule has 17 heavy (non-hydrogen) atoms. The monoisotopic (exact) mass is 234 g/mol. The first-order valence-corrected chi connectivity index (χ1v) is 6.49. The maximum Gasteiger partial charge on any atom is 0.0237 e. The predicted octanol–water partition coefficient (Wildman–Crippen LogP) is 3.02. The quantitative estimate of drug-likeness (QED) is 0.820. The van der Waals surface area contributed by atoms with E-state index in [1.54, 1.807) is 0 Å². The van der Waals surface area contributed by atoms with Crippen LogP contribution in [-0.2, 0) is 6.54 Å². The number of benzene rings is 1. The van der Waals surface area contributed by atoms with Gasteiger partial charge in [-0.25, -0.2) is 0 Å². The summed E-state index contributed by atoms with van der Waals surface area (Å²) < 4.78 is 0. The molecule has 0 amide bonds. The van der Waals surface area contributed by atoms with Crippen LogP contribution < -0.4 is 5.73 Å². The van der Waals surface area contributed by atoms with Crippen molar-refractivity contribution >= 4 is 0 Å². The Morgan fingerprint density at radius 2 is 1.82 bits per heavy atom. The smallest absolute Gasteiger partial charge is 0.0237 e. The average molecular weight is 234 g/mol. The minimum absolute atomic E-state index is 0.141. The second-order valence-corrected chi connectivity index (χ2v) is 5.64. The van der Waals surface area contributed by atoms with Crippen LogP contribution in [0, 0.1) is 0 Å². The zero-order chi connectivity index (χ0) is 12.9. The summed E-state index contributed by atoms with van der Waals surface area (Å²) in [6.45, 7) is 10.6. The lowest BCUT2D eigenvalue weighted by Gasteiger charge is -2.34. The Bertz CT molecular complexity index is 313. The van der Waals surface area contributed by atoms with Crippen LogP contribution in [0.4, 0.5) is 0 Å². The van der Waals surface area contributed by atoms with Crippen LogP contribution in [0.1, 0.15) is 39.7 Å². The first-order chi connectivity index (χ1) is 7.92. The van der Waals surface area contributed by atoms with Crippen molar-refractivity contribution in [1.29, 1.82) is 0 Å². The zero-order valence-electron chi connectivity index (χ0n) is 11.6. The van der Waals surface area contributed by atoms with Crippen LogP contribution >= 0.6 is 0 Å². The van der Waals surface area contributed by atoms with Crippen molar-refractivity contribution in [1.82, 2.24) is 4.90 Å². The maximum absolute atomic E-state index is 6.14. The Kier molecular flexibility index (Phi) is 5.16. The van der Waals surface area contributed by atoms with Crippen molar-refractivity contribution in [2.75, 3.05) is 6.54 Å². The lowest BCUT2D eigenvalue weighted by atomic mass is 10.0. The van der Waals surface area contributed by atoms with Gasteiger partial charge in [0, 0.05) is 24.7 Å². The second kappa shape index (κ2) is 6.18. The van der Waals surface area contributed by atoms with Gasteiger partial charge in [0.2, 0.25) is 0 Å². The van der Waals surface area contributed by atoms with Gasteiger partial charge in [-0.2, -0.15) is 0 Å². The summed E-state index contributed by atoms with van der Waals surface area (Å²) in [5.41, 5.74) is 7.36. The van der Waals surface area contributed by atoms with Crippen LogP contribution in [-0.4, -0.2) is 23.0 Å². The molecule has 1 unspecified atom stereocenters. The molecule has 1 aromatic rings. The summed E-state index contributed by atoms with van der Waals surface area (Å²) in [6.07, 6.45) is 1.16. The van der Waals surface area contributed by atoms with E-state index < -0.39 is 0 Å². The summed E-state index contributed by atoms with van der Waals surface area (Å²) in [5.74, 6) is 0. The standard InChI is InChI=1S/C15H26N2/c1-5-13(2)17(12-15(3,4)16)11-14-9-7-6-8-10-14/h6-10,13H,5,11-12,16H2,1-4H3. The first-order valence-electron chi connectivity index (χ1n) is 6.49. The minimum Gasteiger partial charge on any atom is -0.324 e.